The van der Waals surface area contributed by atoms with E-state index in [1.807, 2.05) is 24.4 Å². The van der Waals surface area contributed by atoms with Gasteiger partial charge in [-0.2, -0.15) is 5.10 Å². The number of nitrogens with one attached hydrogen (secondary N) is 1. The Bertz CT molecular complexity index is 675. The van der Waals surface area contributed by atoms with Gasteiger partial charge < -0.3 is 4.90 Å². The van der Waals surface area contributed by atoms with Gasteiger partial charge in [-0.15, -0.1) is 0 Å². The summed E-state index contributed by atoms with van der Waals surface area (Å²) in [6, 6.07) is 21.0. The normalized spacial score (nSPS) is 16.7. The fraction of sp³-hybridized carbons (Fsp3) is 0.250. The van der Waals surface area contributed by atoms with Gasteiger partial charge in [0.1, 0.15) is 6.54 Å². The summed E-state index contributed by atoms with van der Waals surface area (Å²) in [4.78, 5) is 1.63. The summed E-state index contributed by atoms with van der Waals surface area (Å²) in [7, 11) is 0. The Morgan fingerprint density at radius 3 is 2.29 bits per heavy atom. The molecule has 0 saturated carbocycles. The minimum atomic E-state index is 0.993. The van der Waals surface area contributed by atoms with Crippen molar-refractivity contribution in [3.63, 3.8) is 0 Å². The fourth-order valence-corrected chi connectivity index (χ4v) is 3.23. The number of allylic oxidation sites excluding steroid dienone is 1. The first-order chi connectivity index (χ1) is 11.8. The molecule has 2 aromatic carbocycles. The fourth-order valence-electron chi connectivity index (χ4n) is 2.87. The molecule has 1 saturated heterocycles. The van der Waals surface area contributed by atoms with Gasteiger partial charge >= 0.3 is 0 Å². The SMILES string of the molecule is BrC(/C=N\N1CC[NH+](Cc2ccccc2)CC1)=C/c1ccccc1. The van der Waals surface area contributed by atoms with Gasteiger partial charge in [0.05, 0.1) is 32.4 Å². The number of nitrogens with zero attached hydrogens (tertiary/aromatic N) is 2. The van der Waals surface area contributed by atoms with Crippen LogP contribution in [-0.4, -0.2) is 37.4 Å². The van der Waals surface area contributed by atoms with Crippen LogP contribution in [0.25, 0.3) is 6.08 Å². The molecule has 124 valence electrons. The molecule has 0 radical (unpaired) electrons. The average Bonchev–Trinajstić information content (AvgIpc) is 2.63. The summed E-state index contributed by atoms with van der Waals surface area (Å²) in [5, 5.41) is 6.76. The Labute approximate surface area is 152 Å². The number of piperazine rings is 1. The van der Waals surface area contributed by atoms with Crippen LogP contribution in [0.2, 0.25) is 0 Å². The zero-order valence-corrected chi connectivity index (χ0v) is 15.3. The van der Waals surface area contributed by atoms with Crippen molar-refractivity contribution in [3.8, 4) is 0 Å². The highest BCUT2D eigenvalue weighted by Gasteiger charge is 2.18. The molecule has 0 atom stereocenters. The zero-order valence-electron chi connectivity index (χ0n) is 13.7. The van der Waals surface area contributed by atoms with Gasteiger partial charge in [0.2, 0.25) is 0 Å². The lowest BCUT2D eigenvalue weighted by atomic mass is 10.2. The smallest absolute Gasteiger partial charge is 0.103 e. The van der Waals surface area contributed by atoms with Gasteiger partial charge in [-0.05, 0) is 27.6 Å². The molecule has 2 aromatic rings. The first kappa shape index (κ1) is 16.9. The maximum absolute atomic E-state index is 4.60. The molecule has 1 N–H and O–H groups in total. The molecule has 3 rings (SSSR count). The van der Waals surface area contributed by atoms with Crippen LogP contribution in [0, 0.1) is 0 Å². The Hall–Kier alpha value is -1.91. The molecule has 0 amide bonds. The van der Waals surface area contributed by atoms with Crippen LogP contribution in [-0.2, 0) is 6.54 Å². The first-order valence-corrected chi connectivity index (χ1v) is 9.17. The van der Waals surface area contributed by atoms with Crippen molar-refractivity contribution < 1.29 is 4.90 Å². The second-order valence-corrected chi connectivity index (χ2v) is 6.97. The molecule has 0 unspecified atom stereocenters. The third-order valence-electron chi connectivity index (χ3n) is 4.19. The Morgan fingerprint density at radius 2 is 1.62 bits per heavy atom. The molecule has 1 aliphatic rings. The highest BCUT2D eigenvalue weighted by Crippen LogP contribution is 2.10. The monoisotopic (exact) mass is 384 g/mol. The molecular weight excluding hydrogens is 362 g/mol. The number of hydrogen-bond donors (Lipinski definition) is 1. The molecular formula is C20H23BrN3+. The van der Waals surface area contributed by atoms with E-state index in [4.69, 9.17) is 0 Å². The van der Waals surface area contributed by atoms with Crippen molar-refractivity contribution in [1.82, 2.24) is 5.01 Å². The molecule has 0 spiro atoms. The standard InChI is InChI=1S/C20H22BrN3/c21-20(15-18-7-3-1-4-8-18)16-22-24-13-11-23(12-14-24)17-19-9-5-2-6-10-19/h1-10,15-16H,11-14,17H2/p+1/b20-15+,22-16-. The third kappa shape index (κ3) is 5.32. The van der Waals surface area contributed by atoms with E-state index in [0.29, 0.717) is 0 Å². The van der Waals surface area contributed by atoms with Crippen molar-refractivity contribution in [2.45, 2.75) is 6.54 Å². The maximum Gasteiger partial charge on any atom is 0.103 e. The van der Waals surface area contributed by atoms with E-state index < -0.39 is 0 Å². The molecule has 1 heterocycles. The second-order valence-electron chi connectivity index (χ2n) is 6.05. The topological polar surface area (TPSA) is 20.0 Å². The number of benzene rings is 2. The lowest BCUT2D eigenvalue weighted by molar-refractivity contribution is -0.918. The molecule has 1 aliphatic heterocycles. The van der Waals surface area contributed by atoms with Crippen LogP contribution >= 0.6 is 15.9 Å². The summed E-state index contributed by atoms with van der Waals surface area (Å²) in [6.45, 7) is 5.38. The Kier molecular flexibility index (Phi) is 6.21. The van der Waals surface area contributed by atoms with Crippen LogP contribution in [0.15, 0.2) is 70.2 Å². The van der Waals surface area contributed by atoms with E-state index in [1.54, 1.807) is 4.90 Å². The van der Waals surface area contributed by atoms with Crippen molar-refractivity contribution in [3.05, 3.63) is 76.3 Å². The number of halogens is 1. The minimum Gasteiger partial charge on any atom is -0.328 e. The summed E-state index contributed by atoms with van der Waals surface area (Å²) < 4.78 is 0.993. The number of hydrogen-bond acceptors (Lipinski definition) is 2. The van der Waals surface area contributed by atoms with Crippen molar-refractivity contribution in [1.29, 1.82) is 0 Å². The molecule has 24 heavy (non-hydrogen) atoms. The predicted molar refractivity (Wildman–Crippen MR) is 104 cm³/mol. The second kappa shape index (κ2) is 8.81. The van der Waals surface area contributed by atoms with Gasteiger partial charge in [-0.25, -0.2) is 0 Å². The van der Waals surface area contributed by atoms with Crippen LogP contribution in [0.5, 0.6) is 0 Å². The van der Waals surface area contributed by atoms with Crippen LogP contribution in [0.1, 0.15) is 11.1 Å². The largest absolute Gasteiger partial charge is 0.328 e. The van der Waals surface area contributed by atoms with Crippen LogP contribution < -0.4 is 4.90 Å². The van der Waals surface area contributed by atoms with Crippen molar-refractivity contribution in [2.75, 3.05) is 26.2 Å². The highest BCUT2D eigenvalue weighted by atomic mass is 79.9. The molecule has 3 nitrogen and oxygen atoms in total. The highest BCUT2D eigenvalue weighted by molar-refractivity contribution is 9.12. The summed E-state index contributed by atoms with van der Waals surface area (Å²) in [6.07, 6.45) is 3.98. The lowest BCUT2D eigenvalue weighted by Crippen LogP contribution is -3.13. The lowest BCUT2D eigenvalue weighted by Gasteiger charge is -2.30. The van der Waals surface area contributed by atoms with E-state index in [9.17, 15) is 0 Å². The summed E-state index contributed by atoms with van der Waals surface area (Å²) >= 11 is 3.58. The third-order valence-corrected chi connectivity index (χ3v) is 4.63. The molecule has 0 bridgehead atoms. The zero-order chi connectivity index (χ0) is 16.6. The Morgan fingerprint density at radius 1 is 1.00 bits per heavy atom. The van der Waals surface area contributed by atoms with E-state index in [0.717, 1.165) is 37.2 Å². The van der Waals surface area contributed by atoms with Crippen LogP contribution in [0.4, 0.5) is 0 Å². The summed E-state index contributed by atoms with van der Waals surface area (Å²) in [5.74, 6) is 0. The minimum absolute atomic E-state index is 0.993. The Balaban J connectivity index is 1.47. The van der Waals surface area contributed by atoms with E-state index in [1.165, 1.54) is 11.1 Å². The maximum atomic E-state index is 4.60. The molecule has 0 aliphatic carbocycles. The molecule has 4 heteroatoms. The number of rotatable bonds is 5. The first-order valence-electron chi connectivity index (χ1n) is 8.38. The van der Waals surface area contributed by atoms with Gasteiger partial charge in [0.25, 0.3) is 0 Å². The van der Waals surface area contributed by atoms with Crippen LogP contribution in [0.3, 0.4) is 0 Å². The molecule has 1 fully saturated rings. The van der Waals surface area contributed by atoms with E-state index in [-0.39, 0.29) is 0 Å². The number of quaternary nitrogens is 1. The van der Waals surface area contributed by atoms with E-state index >= 15 is 0 Å². The van der Waals surface area contributed by atoms with E-state index in [2.05, 4.69) is 74.6 Å². The molecule has 0 aromatic heterocycles. The van der Waals surface area contributed by atoms with Gasteiger partial charge in [0.15, 0.2) is 0 Å². The quantitative estimate of drug-likeness (QED) is 0.785. The van der Waals surface area contributed by atoms with Gasteiger partial charge in [-0.1, -0.05) is 60.7 Å². The van der Waals surface area contributed by atoms with Gasteiger partial charge in [0, 0.05) is 10.0 Å². The van der Waals surface area contributed by atoms with Crippen molar-refractivity contribution >= 4 is 28.2 Å². The van der Waals surface area contributed by atoms with Gasteiger partial charge in [-0.3, -0.25) is 5.01 Å². The average molecular weight is 385 g/mol. The van der Waals surface area contributed by atoms with Crippen molar-refractivity contribution in [2.24, 2.45) is 5.10 Å². The summed E-state index contributed by atoms with van der Waals surface area (Å²) in [5.41, 5.74) is 2.59. The predicted octanol–water partition coefficient (Wildman–Crippen LogP) is 2.81. The number of hydrazone groups is 1.